The van der Waals surface area contributed by atoms with Gasteiger partial charge in [-0.1, -0.05) is 78.9 Å². The first-order chi connectivity index (χ1) is 14.0. The largest absolute Gasteiger partial charge is 0.332 e. The lowest BCUT2D eigenvalue weighted by atomic mass is 9.94. The summed E-state index contributed by atoms with van der Waals surface area (Å²) in [5.41, 5.74) is 1.06. The van der Waals surface area contributed by atoms with Crippen LogP contribution in [0.1, 0.15) is 42.5 Å². The van der Waals surface area contributed by atoms with Gasteiger partial charge in [-0.15, -0.1) is 11.3 Å². The minimum Gasteiger partial charge on any atom is -0.332 e. The number of alkyl halides is 2. The highest BCUT2D eigenvalue weighted by molar-refractivity contribution is 7.09. The Kier molecular flexibility index (Phi) is 8.40. The fraction of sp³-hybridized carbons (Fsp3) is 0.455. The molecule has 0 atom stereocenters. The minimum absolute atomic E-state index is 0.0116. The molecule has 0 bridgehead atoms. The first-order valence-electron chi connectivity index (χ1n) is 9.97. The van der Waals surface area contributed by atoms with Crippen molar-refractivity contribution in [2.45, 2.75) is 56.1 Å². The van der Waals surface area contributed by atoms with Gasteiger partial charge in [0.2, 0.25) is 5.91 Å². The van der Waals surface area contributed by atoms with Crippen LogP contribution in [0.25, 0.3) is 0 Å². The van der Waals surface area contributed by atoms with Crippen LogP contribution in [0.3, 0.4) is 0 Å². The maximum absolute atomic E-state index is 13.3. The highest BCUT2D eigenvalue weighted by atomic mass is 35.5. The molecule has 3 rings (SSSR count). The van der Waals surface area contributed by atoms with E-state index in [4.69, 9.17) is 23.2 Å². The summed E-state index contributed by atoms with van der Waals surface area (Å²) in [5, 5.41) is 2.00. The summed E-state index contributed by atoms with van der Waals surface area (Å²) in [6.07, 6.45) is 5.06. The number of hydrogen-bond donors (Lipinski definition) is 0. The number of rotatable bonds is 8. The Morgan fingerprint density at radius 3 is 2.34 bits per heavy atom. The third-order valence-electron chi connectivity index (χ3n) is 5.29. The van der Waals surface area contributed by atoms with Gasteiger partial charge in [-0.2, -0.15) is 0 Å². The minimum atomic E-state index is -1.15. The van der Waals surface area contributed by atoms with Crippen LogP contribution in [-0.4, -0.2) is 39.0 Å². The van der Waals surface area contributed by atoms with E-state index >= 15 is 0 Å². The highest BCUT2D eigenvalue weighted by Crippen LogP contribution is 2.25. The zero-order chi connectivity index (χ0) is 20.6. The molecule has 2 aromatic rings. The van der Waals surface area contributed by atoms with Crippen LogP contribution in [-0.2, 0) is 22.7 Å². The predicted octanol–water partition coefficient (Wildman–Crippen LogP) is 5.24. The molecule has 29 heavy (non-hydrogen) atoms. The Hall–Kier alpha value is -1.56. The molecule has 1 aliphatic carbocycles. The molecule has 0 spiro atoms. The maximum atomic E-state index is 13.3. The average molecular weight is 453 g/mol. The van der Waals surface area contributed by atoms with E-state index in [1.165, 1.54) is 0 Å². The molecule has 1 aliphatic rings. The third-order valence-corrected chi connectivity index (χ3v) is 6.52. The van der Waals surface area contributed by atoms with Crippen LogP contribution in [0.5, 0.6) is 0 Å². The van der Waals surface area contributed by atoms with E-state index in [1.54, 1.807) is 16.2 Å². The van der Waals surface area contributed by atoms with Crippen molar-refractivity contribution in [2.75, 3.05) is 6.54 Å². The van der Waals surface area contributed by atoms with Crippen LogP contribution < -0.4 is 0 Å². The number of amides is 2. The summed E-state index contributed by atoms with van der Waals surface area (Å²) in [6.45, 7) is 1.02. The zero-order valence-electron chi connectivity index (χ0n) is 16.3. The first-order valence-corrected chi connectivity index (χ1v) is 11.7. The van der Waals surface area contributed by atoms with Crippen molar-refractivity contribution in [3.8, 4) is 0 Å². The Morgan fingerprint density at radius 2 is 1.72 bits per heavy atom. The highest BCUT2D eigenvalue weighted by Gasteiger charge is 2.31. The molecule has 0 radical (unpaired) electrons. The smallest absolute Gasteiger partial charge is 0.256 e. The lowest BCUT2D eigenvalue weighted by Gasteiger charge is -2.35. The number of nitrogens with zero attached hydrogens (tertiary/aromatic N) is 2. The van der Waals surface area contributed by atoms with E-state index < -0.39 is 4.84 Å². The third kappa shape index (κ3) is 6.46. The Balaban J connectivity index is 1.77. The molecule has 1 fully saturated rings. The van der Waals surface area contributed by atoms with E-state index in [2.05, 4.69) is 0 Å². The summed E-state index contributed by atoms with van der Waals surface area (Å²) in [4.78, 5) is 29.4. The molecule has 2 amide bonds. The van der Waals surface area contributed by atoms with Gasteiger partial charge in [-0.05, 0) is 29.9 Å². The summed E-state index contributed by atoms with van der Waals surface area (Å²) in [6, 6.07) is 13.9. The van der Waals surface area contributed by atoms with E-state index in [9.17, 15) is 9.59 Å². The molecule has 156 valence electrons. The van der Waals surface area contributed by atoms with E-state index in [0.717, 1.165) is 42.5 Å². The van der Waals surface area contributed by atoms with E-state index in [-0.39, 0.29) is 24.4 Å². The summed E-state index contributed by atoms with van der Waals surface area (Å²) >= 11 is 13.4. The van der Waals surface area contributed by atoms with Gasteiger partial charge >= 0.3 is 0 Å². The second kappa shape index (κ2) is 11.0. The summed E-state index contributed by atoms with van der Waals surface area (Å²) < 4.78 is 0. The number of benzene rings is 1. The molecule has 0 saturated heterocycles. The maximum Gasteiger partial charge on any atom is 0.256 e. The monoisotopic (exact) mass is 452 g/mol. The number of carbonyl (C=O) groups is 2. The van der Waals surface area contributed by atoms with Crippen molar-refractivity contribution in [3.63, 3.8) is 0 Å². The fourth-order valence-electron chi connectivity index (χ4n) is 3.78. The zero-order valence-corrected chi connectivity index (χ0v) is 18.6. The molecule has 7 heteroatoms. The lowest BCUT2D eigenvalue weighted by Crippen LogP contribution is -2.49. The van der Waals surface area contributed by atoms with Gasteiger partial charge in [-0.25, -0.2) is 0 Å². The molecule has 1 saturated carbocycles. The van der Waals surface area contributed by atoms with Gasteiger partial charge in [0.15, 0.2) is 4.84 Å². The Bertz CT molecular complexity index is 777. The van der Waals surface area contributed by atoms with Gasteiger partial charge in [-0.3, -0.25) is 9.59 Å². The van der Waals surface area contributed by atoms with Gasteiger partial charge < -0.3 is 9.80 Å². The number of carbonyl (C=O) groups excluding carboxylic acids is 2. The normalized spacial score (nSPS) is 14.7. The van der Waals surface area contributed by atoms with Crippen LogP contribution in [0.15, 0.2) is 47.8 Å². The SMILES string of the molecule is O=C(CN(C(=O)C(Cl)Cl)C1CCCCC1)N(Cc1ccccc1)Cc1cccs1. The van der Waals surface area contributed by atoms with Crippen molar-refractivity contribution >= 4 is 46.4 Å². The average Bonchev–Trinajstić information content (AvgIpc) is 3.25. The fourth-order valence-corrected chi connectivity index (χ4v) is 4.75. The van der Waals surface area contributed by atoms with Crippen molar-refractivity contribution < 1.29 is 9.59 Å². The lowest BCUT2D eigenvalue weighted by molar-refractivity contribution is -0.142. The molecule has 0 aliphatic heterocycles. The summed E-state index contributed by atoms with van der Waals surface area (Å²) in [5.74, 6) is -0.459. The molecular weight excluding hydrogens is 427 g/mol. The topological polar surface area (TPSA) is 40.6 Å². The Labute approximate surface area is 186 Å². The molecule has 0 unspecified atom stereocenters. The van der Waals surface area contributed by atoms with Gasteiger partial charge in [0.25, 0.3) is 5.91 Å². The standard InChI is InChI=1S/C22H26Cl2N2O2S/c23-21(24)22(28)26(18-10-5-2-6-11-18)16-20(27)25(15-19-12-7-13-29-19)14-17-8-3-1-4-9-17/h1,3-4,7-9,12-13,18,21H,2,5-6,10-11,14-16H2. The van der Waals surface area contributed by atoms with Crippen molar-refractivity contribution in [1.82, 2.24) is 9.80 Å². The van der Waals surface area contributed by atoms with Crippen molar-refractivity contribution in [1.29, 1.82) is 0 Å². The molecule has 1 heterocycles. The second-order valence-electron chi connectivity index (χ2n) is 7.37. The molecule has 1 aromatic carbocycles. The van der Waals surface area contributed by atoms with Crippen molar-refractivity contribution in [2.24, 2.45) is 0 Å². The van der Waals surface area contributed by atoms with Gasteiger partial charge in [0, 0.05) is 17.5 Å². The van der Waals surface area contributed by atoms with Crippen LogP contribution in [0.2, 0.25) is 0 Å². The van der Waals surface area contributed by atoms with Crippen LogP contribution in [0, 0.1) is 0 Å². The quantitative estimate of drug-likeness (QED) is 0.513. The van der Waals surface area contributed by atoms with E-state index in [0.29, 0.717) is 13.1 Å². The second-order valence-corrected chi connectivity index (χ2v) is 9.50. The first kappa shape index (κ1) is 22.1. The van der Waals surface area contributed by atoms with Crippen LogP contribution in [0.4, 0.5) is 0 Å². The molecule has 4 nitrogen and oxygen atoms in total. The summed E-state index contributed by atoms with van der Waals surface area (Å²) in [7, 11) is 0. The van der Waals surface area contributed by atoms with Gasteiger partial charge in [0.05, 0.1) is 6.54 Å². The molecular formula is C22H26Cl2N2O2S. The predicted molar refractivity (Wildman–Crippen MR) is 119 cm³/mol. The number of thiophene rings is 1. The molecule has 1 aromatic heterocycles. The van der Waals surface area contributed by atoms with Gasteiger partial charge in [0.1, 0.15) is 6.54 Å². The Morgan fingerprint density at radius 1 is 1.00 bits per heavy atom. The van der Waals surface area contributed by atoms with E-state index in [1.807, 2.05) is 52.7 Å². The van der Waals surface area contributed by atoms with Crippen LogP contribution >= 0.6 is 34.5 Å². The number of halogens is 2. The number of hydrogen-bond acceptors (Lipinski definition) is 3. The molecule has 0 N–H and O–H groups in total. The van der Waals surface area contributed by atoms with Crippen molar-refractivity contribution in [3.05, 3.63) is 58.3 Å².